The van der Waals surface area contributed by atoms with Crippen molar-refractivity contribution in [3.8, 4) is 0 Å². The Labute approximate surface area is 125 Å². The van der Waals surface area contributed by atoms with Gasteiger partial charge < -0.3 is 9.80 Å². The first-order chi connectivity index (χ1) is 10.3. The Hall–Kier alpha value is -2.17. The molecule has 21 heavy (non-hydrogen) atoms. The molecule has 5 nitrogen and oxygen atoms in total. The number of unbranched alkanes of at least 4 members (excludes halogenated alkanes) is 1. The van der Waals surface area contributed by atoms with Crippen LogP contribution in [0.2, 0.25) is 0 Å². The second-order valence-electron chi connectivity index (χ2n) is 5.42. The van der Waals surface area contributed by atoms with Crippen molar-refractivity contribution in [1.82, 2.24) is 15.2 Å². The third-order valence-electron chi connectivity index (χ3n) is 3.90. The van der Waals surface area contributed by atoms with Gasteiger partial charge in [-0.1, -0.05) is 31.5 Å². The third-order valence-corrected chi connectivity index (χ3v) is 3.90. The van der Waals surface area contributed by atoms with Crippen LogP contribution in [0.25, 0.3) is 0 Å². The number of hydrogen-bond donors (Lipinski definition) is 0. The summed E-state index contributed by atoms with van der Waals surface area (Å²) < 4.78 is 0. The van der Waals surface area contributed by atoms with Gasteiger partial charge >= 0.3 is 0 Å². The van der Waals surface area contributed by atoms with E-state index < -0.39 is 0 Å². The van der Waals surface area contributed by atoms with Gasteiger partial charge in [0, 0.05) is 25.8 Å². The molecule has 1 aliphatic heterocycles. The molecule has 0 amide bonds. The first-order valence-electron chi connectivity index (χ1n) is 7.56. The smallest absolute Gasteiger partial charge is 0.251 e. The summed E-state index contributed by atoms with van der Waals surface area (Å²) in [5.41, 5.74) is 2.55. The number of nitrogens with zero attached hydrogens (tertiary/aromatic N) is 5. The van der Waals surface area contributed by atoms with Gasteiger partial charge in [-0.3, -0.25) is 0 Å². The van der Waals surface area contributed by atoms with Crippen molar-refractivity contribution in [3.05, 3.63) is 36.0 Å². The fourth-order valence-corrected chi connectivity index (χ4v) is 2.64. The minimum absolute atomic E-state index is 0.695. The molecule has 1 aromatic heterocycles. The second-order valence-corrected chi connectivity index (χ2v) is 5.42. The Kier molecular flexibility index (Phi) is 3.99. The Morgan fingerprint density at radius 2 is 2.14 bits per heavy atom. The first kappa shape index (κ1) is 13.8. The van der Waals surface area contributed by atoms with Gasteiger partial charge in [-0.15, -0.1) is 5.10 Å². The van der Waals surface area contributed by atoms with Crippen LogP contribution in [-0.2, 0) is 6.42 Å². The van der Waals surface area contributed by atoms with Crippen LogP contribution in [-0.4, -0.2) is 35.3 Å². The van der Waals surface area contributed by atoms with Crippen LogP contribution in [0.15, 0.2) is 30.5 Å². The lowest BCUT2D eigenvalue weighted by Crippen LogP contribution is -2.23. The number of fused-ring (bicyclic) bond motifs is 1. The maximum atomic E-state index is 4.68. The lowest BCUT2D eigenvalue weighted by Gasteiger charge is -2.20. The predicted molar refractivity (Wildman–Crippen MR) is 85.2 cm³/mol. The highest BCUT2D eigenvalue weighted by atomic mass is 15.4. The van der Waals surface area contributed by atoms with E-state index in [1.54, 1.807) is 6.20 Å². The van der Waals surface area contributed by atoms with Crippen LogP contribution >= 0.6 is 0 Å². The summed E-state index contributed by atoms with van der Waals surface area (Å²) >= 11 is 0. The largest absolute Gasteiger partial charge is 0.358 e. The maximum absolute atomic E-state index is 4.68. The zero-order valence-electron chi connectivity index (χ0n) is 12.7. The van der Waals surface area contributed by atoms with Crippen molar-refractivity contribution >= 4 is 17.5 Å². The van der Waals surface area contributed by atoms with Crippen LogP contribution in [0, 0.1) is 0 Å². The summed E-state index contributed by atoms with van der Waals surface area (Å²) in [5.74, 6) is 1.58. The molecular weight excluding hydrogens is 262 g/mol. The van der Waals surface area contributed by atoms with Gasteiger partial charge in [0.15, 0.2) is 5.82 Å². The molecule has 0 aliphatic carbocycles. The van der Waals surface area contributed by atoms with Crippen molar-refractivity contribution in [2.75, 3.05) is 29.9 Å². The van der Waals surface area contributed by atoms with E-state index in [0.29, 0.717) is 5.95 Å². The monoisotopic (exact) mass is 283 g/mol. The summed E-state index contributed by atoms with van der Waals surface area (Å²) in [6.45, 7) is 4.10. The minimum atomic E-state index is 0.695. The standard InChI is InChI=1S/C16H21N5/c1-3-4-10-20(2)15-12-17-19-16(18-15)21-11-9-13-7-5-6-8-14(13)21/h5-8,12H,3-4,9-11H2,1-2H3. The van der Waals surface area contributed by atoms with Crippen molar-refractivity contribution in [3.63, 3.8) is 0 Å². The molecule has 110 valence electrons. The van der Waals surface area contributed by atoms with E-state index in [4.69, 9.17) is 0 Å². The number of hydrogen-bond acceptors (Lipinski definition) is 5. The molecule has 0 radical (unpaired) electrons. The molecule has 2 aromatic rings. The lowest BCUT2D eigenvalue weighted by molar-refractivity contribution is 0.751. The highest BCUT2D eigenvalue weighted by Gasteiger charge is 2.22. The molecule has 0 spiro atoms. The highest BCUT2D eigenvalue weighted by Crippen LogP contribution is 2.32. The third kappa shape index (κ3) is 2.82. The fourth-order valence-electron chi connectivity index (χ4n) is 2.64. The van der Waals surface area contributed by atoms with Crippen LogP contribution in [0.4, 0.5) is 17.5 Å². The van der Waals surface area contributed by atoms with Crippen molar-refractivity contribution in [2.24, 2.45) is 0 Å². The van der Waals surface area contributed by atoms with E-state index in [-0.39, 0.29) is 0 Å². The topological polar surface area (TPSA) is 45.2 Å². The summed E-state index contributed by atoms with van der Waals surface area (Å²) in [6.07, 6.45) is 5.11. The summed E-state index contributed by atoms with van der Waals surface area (Å²) in [6, 6.07) is 8.43. The number of anilines is 3. The van der Waals surface area contributed by atoms with E-state index in [2.05, 4.69) is 63.2 Å². The van der Waals surface area contributed by atoms with E-state index in [1.807, 2.05) is 0 Å². The molecule has 2 heterocycles. The van der Waals surface area contributed by atoms with Crippen molar-refractivity contribution < 1.29 is 0 Å². The van der Waals surface area contributed by atoms with E-state index in [0.717, 1.165) is 31.7 Å². The van der Waals surface area contributed by atoms with Crippen LogP contribution in [0.1, 0.15) is 25.3 Å². The van der Waals surface area contributed by atoms with Gasteiger partial charge in [0.2, 0.25) is 0 Å². The van der Waals surface area contributed by atoms with Gasteiger partial charge in [0.25, 0.3) is 5.95 Å². The maximum Gasteiger partial charge on any atom is 0.251 e. The average molecular weight is 283 g/mol. The molecule has 0 saturated heterocycles. The molecule has 1 aliphatic rings. The summed E-state index contributed by atoms with van der Waals surface area (Å²) in [5, 5.41) is 8.36. The molecular formula is C16H21N5. The van der Waals surface area contributed by atoms with Crippen LogP contribution in [0.3, 0.4) is 0 Å². The molecule has 0 unspecified atom stereocenters. The van der Waals surface area contributed by atoms with Gasteiger partial charge in [0.05, 0.1) is 6.20 Å². The molecule has 3 rings (SSSR count). The van der Waals surface area contributed by atoms with E-state index >= 15 is 0 Å². The Bertz CT molecular complexity index is 613. The molecule has 1 aromatic carbocycles. The molecule has 0 saturated carbocycles. The molecule has 0 N–H and O–H groups in total. The average Bonchev–Trinajstić information content (AvgIpc) is 2.97. The van der Waals surface area contributed by atoms with Gasteiger partial charge in [-0.05, 0) is 24.5 Å². The zero-order valence-corrected chi connectivity index (χ0v) is 12.7. The Morgan fingerprint density at radius 3 is 3.00 bits per heavy atom. The second kappa shape index (κ2) is 6.08. The van der Waals surface area contributed by atoms with Gasteiger partial charge in [0.1, 0.15) is 0 Å². The number of aromatic nitrogens is 3. The Balaban J connectivity index is 1.84. The van der Waals surface area contributed by atoms with Gasteiger partial charge in [-0.25, -0.2) is 0 Å². The molecule has 0 atom stereocenters. The molecule has 0 bridgehead atoms. The predicted octanol–water partition coefficient (Wildman–Crippen LogP) is 2.80. The number of rotatable bonds is 5. The van der Waals surface area contributed by atoms with Crippen LogP contribution in [0.5, 0.6) is 0 Å². The fraction of sp³-hybridized carbons (Fsp3) is 0.438. The van der Waals surface area contributed by atoms with E-state index in [9.17, 15) is 0 Å². The Morgan fingerprint density at radius 1 is 1.29 bits per heavy atom. The van der Waals surface area contributed by atoms with Crippen molar-refractivity contribution in [1.29, 1.82) is 0 Å². The normalized spacial score (nSPS) is 13.3. The molecule has 0 fully saturated rings. The quantitative estimate of drug-likeness (QED) is 0.844. The SMILES string of the molecule is CCCCN(C)c1cnnc(N2CCc3ccccc32)n1. The summed E-state index contributed by atoms with van der Waals surface area (Å²) in [7, 11) is 2.06. The highest BCUT2D eigenvalue weighted by molar-refractivity contribution is 5.65. The van der Waals surface area contributed by atoms with Crippen LogP contribution < -0.4 is 9.80 Å². The van der Waals surface area contributed by atoms with Gasteiger partial charge in [-0.2, -0.15) is 10.1 Å². The summed E-state index contributed by atoms with van der Waals surface area (Å²) in [4.78, 5) is 8.98. The lowest BCUT2D eigenvalue weighted by atomic mass is 10.2. The molecule has 5 heteroatoms. The minimum Gasteiger partial charge on any atom is -0.358 e. The first-order valence-corrected chi connectivity index (χ1v) is 7.56. The van der Waals surface area contributed by atoms with Crippen molar-refractivity contribution in [2.45, 2.75) is 26.2 Å². The number of benzene rings is 1. The number of para-hydroxylation sites is 1. The van der Waals surface area contributed by atoms with E-state index in [1.165, 1.54) is 17.7 Å². The zero-order chi connectivity index (χ0) is 14.7.